The fourth-order valence-electron chi connectivity index (χ4n) is 1.38. The van der Waals surface area contributed by atoms with Crippen LogP contribution in [0, 0.1) is 5.82 Å². The summed E-state index contributed by atoms with van der Waals surface area (Å²) < 4.78 is 13.3. The molecule has 0 aliphatic carbocycles. The third-order valence-electron chi connectivity index (χ3n) is 2.01. The first-order valence-electron chi connectivity index (χ1n) is 4.28. The summed E-state index contributed by atoms with van der Waals surface area (Å²) in [4.78, 5) is 5.75. The van der Waals surface area contributed by atoms with E-state index in [1.54, 1.807) is 23.1 Å². The predicted molar refractivity (Wildman–Crippen MR) is 53.1 cm³/mol. The molecule has 1 heterocycles. The van der Waals surface area contributed by atoms with Gasteiger partial charge >= 0.3 is 0 Å². The van der Waals surface area contributed by atoms with Crippen LogP contribution in [0.4, 0.5) is 10.1 Å². The summed E-state index contributed by atoms with van der Waals surface area (Å²) in [5.41, 5.74) is 0.528. The molecule has 4 nitrogen and oxygen atoms in total. The van der Waals surface area contributed by atoms with Crippen LogP contribution in [0.3, 0.4) is 0 Å². The Kier molecular flexibility index (Phi) is 2.32. The van der Waals surface area contributed by atoms with Gasteiger partial charge in [0.2, 0.25) is 0 Å². The molecule has 1 aromatic carbocycles. The van der Waals surface area contributed by atoms with Crippen molar-refractivity contribution in [1.29, 1.82) is 0 Å². The summed E-state index contributed by atoms with van der Waals surface area (Å²) >= 11 is 0. The highest BCUT2D eigenvalue weighted by Gasteiger charge is 2.14. The van der Waals surface area contributed by atoms with Gasteiger partial charge in [-0.1, -0.05) is 12.1 Å². The topological polar surface area (TPSA) is 44.9 Å². The van der Waals surface area contributed by atoms with Crippen molar-refractivity contribution >= 4 is 12.0 Å². The first-order chi connectivity index (χ1) is 6.77. The van der Waals surface area contributed by atoms with E-state index in [4.69, 9.17) is 5.84 Å². The van der Waals surface area contributed by atoms with Crippen LogP contribution in [0.25, 0.3) is 0 Å². The Balaban J connectivity index is 2.23. The van der Waals surface area contributed by atoms with Gasteiger partial charge in [-0.3, -0.25) is 10.0 Å². The molecule has 0 fully saturated rings. The van der Waals surface area contributed by atoms with Gasteiger partial charge in [0.05, 0.1) is 5.69 Å². The van der Waals surface area contributed by atoms with Gasteiger partial charge in [0, 0.05) is 0 Å². The number of para-hydroxylation sites is 1. The van der Waals surface area contributed by atoms with E-state index in [1.807, 2.05) is 0 Å². The molecule has 0 aromatic heterocycles. The molecule has 0 atom stereocenters. The number of aliphatic imine (C=N–C) groups is 1. The predicted octanol–water partition coefficient (Wildman–Crippen LogP) is 0.765. The van der Waals surface area contributed by atoms with Crippen molar-refractivity contribution in [3.8, 4) is 0 Å². The monoisotopic (exact) mass is 194 g/mol. The minimum absolute atomic E-state index is 0.252. The Morgan fingerprint density at radius 2 is 2.14 bits per heavy atom. The van der Waals surface area contributed by atoms with Crippen LogP contribution in [-0.4, -0.2) is 24.7 Å². The van der Waals surface area contributed by atoms with E-state index in [2.05, 4.69) is 4.99 Å². The highest BCUT2D eigenvalue weighted by Crippen LogP contribution is 2.19. The van der Waals surface area contributed by atoms with Crippen LogP contribution in [0.15, 0.2) is 29.3 Å². The Bertz CT molecular complexity index is 352. The van der Waals surface area contributed by atoms with Gasteiger partial charge in [0.15, 0.2) is 0 Å². The number of halogens is 1. The number of rotatable bonds is 1. The van der Waals surface area contributed by atoms with Crippen molar-refractivity contribution < 1.29 is 4.39 Å². The zero-order valence-electron chi connectivity index (χ0n) is 7.60. The molecule has 74 valence electrons. The number of hydrogen-bond donors (Lipinski definition) is 1. The van der Waals surface area contributed by atoms with Crippen molar-refractivity contribution in [2.24, 2.45) is 10.8 Å². The van der Waals surface area contributed by atoms with Crippen LogP contribution in [0.2, 0.25) is 0 Å². The highest BCUT2D eigenvalue weighted by molar-refractivity contribution is 5.58. The van der Waals surface area contributed by atoms with Crippen LogP contribution >= 0.6 is 0 Å². The average Bonchev–Trinajstić information content (AvgIpc) is 2.18. The van der Waals surface area contributed by atoms with E-state index in [0.717, 1.165) is 0 Å². The zero-order chi connectivity index (χ0) is 9.97. The van der Waals surface area contributed by atoms with E-state index in [1.165, 1.54) is 17.4 Å². The SMILES string of the molecule is NN1C=NCN(c2ccccc2F)C1. The molecule has 0 unspecified atom stereocenters. The number of hydrogen-bond acceptors (Lipinski definition) is 4. The van der Waals surface area contributed by atoms with E-state index in [9.17, 15) is 4.39 Å². The number of anilines is 1. The Hall–Kier alpha value is -1.62. The zero-order valence-corrected chi connectivity index (χ0v) is 7.60. The van der Waals surface area contributed by atoms with Gasteiger partial charge in [-0.25, -0.2) is 10.2 Å². The van der Waals surface area contributed by atoms with Crippen molar-refractivity contribution in [1.82, 2.24) is 5.01 Å². The molecule has 14 heavy (non-hydrogen) atoms. The summed E-state index contributed by atoms with van der Waals surface area (Å²) in [7, 11) is 0. The van der Waals surface area contributed by atoms with Crippen LogP contribution in [0.5, 0.6) is 0 Å². The number of benzene rings is 1. The summed E-state index contributed by atoms with van der Waals surface area (Å²) in [5.74, 6) is 5.28. The molecule has 2 N–H and O–H groups in total. The molecule has 1 aliphatic rings. The van der Waals surface area contributed by atoms with E-state index in [0.29, 0.717) is 19.0 Å². The molecule has 0 saturated heterocycles. The second-order valence-corrected chi connectivity index (χ2v) is 3.09. The largest absolute Gasteiger partial charge is 0.330 e. The van der Waals surface area contributed by atoms with E-state index < -0.39 is 0 Å². The van der Waals surface area contributed by atoms with E-state index >= 15 is 0 Å². The molecule has 0 radical (unpaired) electrons. The first kappa shape index (κ1) is 8.96. The normalized spacial score (nSPS) is 16.1. The van der Waals surface area contributed by atoms with Crippen LogP contribution < -0.4 is 10.7 Å². The second kappa shape index (κ2) is 3.63. The molecule has 0 saturated carbocycles. The molecule has 1 aromatic rings. The lowest BCUT2D eigenvalue weighted by Crippen LogP contribution is -2.45. The van der Waals surface area contributed by atoms with Gasteiger partial charge in [-0.05, 0) is 12.1 Å². The summed E-state index contributed by atoms with van der Waals surface area (Å²) in [5, 5.41) is 1.41. The molecule has 5 heteroatoms. The van der Waals surface area contributed by atoms with Crippen molar-refractivity contribution in [2.45, 2.75) is 0 Å². The minimum atomic E-state index is -0.252. The van der Waals surface area contributed by atoms with Gasteiger partial charge in [-0.2, -0.15) is 0 Å². The van der Waals surface area contributed by atoms with Crippen molar-refractivity contribution in [2.75, 3.05) is 18.2 Å². The van der Waals surface area contributed by atoms with Gasteiger partial charge in [0.1, 0.15) is 25.5 Å². The highest BCUT2D eigenvalue weighted by atomic mass is 19.1. The maximum Gasteiger partial charge on any atom is 0.146 e. The van der Waals surface area contributed by atoms with Gasteiger partial charge < -0.3 is 4.90 Å². The third kappa shape index (κ3) is 1.67. The summed E-state index contributed by atoms with van der Waals surface area (Å²) in [6, 6.07) is 6.59. The Labute approximate surface area is 81.4 Å². The Morgan fingerprint density at radius 3 is 2.86 bits per heavy atom. The first-order valence-corrected chi connectivity index (χ1v) is 4.28. The fraction of sp³-hybridized carbons (Fsp3) is 0.222. The average molecular weight is 194 g/mol. The number of nitrogens with zero attached hydrogens (tertiary/aromatic N) is 3. The molecular weight excluding hydrogens is 183 g/mol. The smallest absolute Gasteiger partial charge is 0.146 e. The maximum absolute atomic E-state index is 13.3. The van der Waals surface area contributed by atoms with Crippen molar-refractivity contribution in [3.05, 3.63) is 30.1 Å². The van der Waals surface area contributed by atoms with Gasteiger partial charge in [0.25, 0.3) is 0 Å². The minimum Gasteiger partial charge on any atom is -0.330 e. The molecule has 1 aliphatic heterocycles. The van der Waals surface area contributed by atoms with Gasteiger partial charge in [-0.15, -0.1) is 0 Å². The van der Waals surface area contributed by atoms with Crippen molar-refractivity contribution in [3.63, 3.8) is 0 Å². The Morgan fingerprint density at radius 1 is 1.36 bits per heavy atom. The summed E-state index contributed by atoms with van der Waals surface area (Å²) in [6.07, 6.45) is 1.54. The lowest BCUT2D eigenvalue weighted by molar-refractivity contribution is 0.422. The molecule has 0 bridgehead atoms. The quantitative estimate of drug-likeness (QED) is 0.671. The second-order valence-electron chi connectivity index (χ2n) is 3.09. The molecular formula is C9H11FN4. The number of nitrogens with two attached hydrogens (primary N) is 1. The fourth-order valence-corrected chi connectivity index (χ4v) is 1.38. The lowest BCUT2D eigenvalue weighted by atomic mass is 10.3. The molecule has 0 amide bonds. The maximum atomic E-state index is 13.3. The summed E-state index contributed by atoms with van der Waals surface area (Å²) in [6.45, 7) is 0.888. The standard InChI is InChI=1S/C9H11FN4/c10-8-3-1-2-4-9(8)13-5-12-6-14(11)7-13/h1-4,6H,5,7,11H2. The van der Waals surface area contributed by atoms with E-state index in [-0.39, 0.29) is 5.82 Å². The molecule has 0 spiro atoms. The van der Waals surface area contributed by atoms with Crippen LogP contribution in [0.1, 0.15) is 0 Å². The van der Waals surface area contributed by atoms with Crippen LogP contribution in [-0.2, 0) is 0 Å². The molecule has 2 rings (SSSR count). The lowest BCUT2D eigenvalue weighted by Gasteiger charge is -2.30. The number of hydrazine groups is 1. The third-order valence-corrected chi connectivity index (χ3v) is 2.01.